The summed E-state index contributed by atoms with van der Waals surface area (Å²) in [7, 11) is 1.73. The quantitative estimate of drug-likeness (QED) is 0.846. The van der Waals surface area contributed by atoms with Gasteiger partial charge in [-0.1, -0.05) is 24.3 Å². The van der Waals surface area contributed by atoms with Gasteiger partial charge in [-0.25, -0.2) is 0 Å². The number of rotatable bonds is 4. The molecular formula is C18H23NO. The van der Waals surface area contributed by atoms with E-state index in [-0.39, 0.29) is 0 Å². The second-order valence-corrected chi connectivity index (χ2v) is 6.64. The summed E-state index contributed by atoms with van der Waals surface area (Å²) in [6.45, 7) is 0.968. The number of allylic oxidation sites excluding steroid dienone is 2. The highest BCUT2D eigenvalue weighted by molar-refractivity contribution is 5.28. The molecule has 4 rings (SSSR count). The minimum absolute atomic E-state index is 0.729. The molecule has 2 saturated carbocycles. The van der Waals surface area contributed by atoms with Crippen LogP contribution in [0.4, 0.5) is 0 Å². The molecule has 0 saturated heterocycles. The Balaban J connectivity index is 1.39. The monoisotopic (exact) mass is 269 g/mol. The van der Waals surface area contributed by atoms with Gasteiger partial charge < -0.3 is 10.1 Å². The van der Waals surface area contributed by atoms with Gasteiger partial charge in [0.05, 0.1) is 7.11 Å². The van der Waals surface area contributed by atoms with Gasteiger partial charge in [0.2, 0.25) is 0 Å². The molecule has 0 aliphatic heterocycles. The molecule has 1 aromatic rings. The second kappa shape index (κ2) is 4.92. The molecule has 2 nitrogen and oxygen atoms in total. The Morgan fingerprint density at radius 3 is 3.10 bits per heavy atom. The minimum Gasteiger partial charge on any atom is -0.497 e. The van der Waals surface area contributed by atoms with Crippen molar-refractivity contribution in [2.45, 2.75) is 31.8 Å². The third kappa shape index (κ3) is 1.98. The van der Waals surface area contributed by atoms with Crippen LogP contribution in [0, 0.1) is 23.7 Å². The van der Waals surface area contributed by atoms with Gasteiger partial charge in [-0.2, -0.15) is 0 Å². The SMILES string of the molecule is COc1cccc(CN[C@@H]2CC3CC2[C@@H]2CC=C[C@H]32)c1. The maximum absolute atomic E-state index is 5.30. The van der Waals surface area contributed by atoms with E-state index in [2.05, 4.69) is 35.7 Å². The lowest BCUT2D eigenvalue weighted by Gasteiger charge is -2.32. The largest absolute Gasteiger partial charge is 0.497 e. The summed E-state index contributed by atoms with van der Waals surface area (Å²) in [4.78, 5) is 0. The highest BCUT2D eigenvalue weighted by Crippen LogP contribution is 2.56. The smallest absolute Gasteiger partial charge is 0.119 e. The number of ether oxygens (including phenoxy) is 1. The Morgan fingerprint density at radius 1 is 1.25 bits per heavy atom. The topological polar surface area (TPSA) is 21.3 Å². The van der Waals surface area contributed by atoms with Crippen molar-refractivity contribution >= 4 is 0 Å². The molecule has 3 aliphatic rings. The predicted molar refractivity (Wildman–Crippen MR) is 80.6 cm³/mol. The maximum atomic E-state index is 5.30. The van der Waals surface area contributed by atoms with Crippen LogP contribution in [0.1, 0.15) is 24.8 Å². The number of benzene rings is 1. The van der Waals surface area contributed by atoms with Gasteiger partial charge in [0, 0.05) is 12.6 Å². The molecule has 5 atom stereocenters. The van der Waals surface area contributed by atoms with Crippen molar-refractivity contribution in [3.8, 4) is 5.75 Å². The summed E-state index contributed by atoms with van der Waals surface area (Å²) in [6.07, 6.45) is 9.06. The third-order valence-electron chi connectivity index (χ3n) is 5.71. The molecule has 0 aromatic heterocycles. The predicted octanol–water partition coefficient (Wildman–Crippen LogP) is 3.39. The molecule has 0 spiro atoms. The molecule has 0 radical (unpaired) electrons. The molecule has 1 aromatic carbocycles. The average molecular weight is 269 g/mol. The van der Waals surface area contributed by atoms with E-state index in [1.54, 1.807) is 7.11 Å². The van der Waals surface area contributed by atoms with Gasteiger partial charge in [0.25, 0.3) is 0 Å². The summed E-state index contributed by atoms with van der Waals surface area (Å²) in [5.41, 5.74) is 1.33. The molecule has 106 valence electrons. The normalized spacial score (nSPS) is 37.4. The summed E-state index contributed by atoms with van der Waals surface area (Å²) in [5.74, 6) is 4.67. The lowest BCUT2D eigenvalue weighted by molar-refractivity contribution is 0.225. The summed E-state index contributed by atoms with van der Waals surface area (Å²) < 4.78 is 5.30. The van der Waals surface area contributed by atoms with Crippen LogP contribution < -0.4 is 10.1 Å². The Labute approximate surface area is 121 Å². The Morgan fingerprint density at radius 2 is 2.20 bits per heavy atom. The first-order valence-corrected chi connectivity index (χ1v) is 7.88. The maximum Gasteiger partial charge on any atom is 0.119 e. The van der Waals surface area contributed by atoms with E-state index < -0.39 is 0 Å². The van der Waals surface area contributed by atoms with E-state index >= 15 is 0 Å². The van der Waals surface area contributed by atoms with Crippen LogP contribution in [-0.2, 0) is 6.54 Å². The minimum atomic E-state index is 0.729. The summed E-state index contributed by atoms with van der Waals surface area (Å²) in [6, 6.07) is 9.14. The standard InChI is InChI=1S/C18H23NO/c1-20-14-5-2-4-12(8-14)11-19-18-10-13-9-17(18)16-7-3-6-15(13)16/h2-6,8,13,15-19H,7,9-11H2,1H3/t13?,15-,16-,17?,18-/m1/s1. The van der Waals surface area contributed by atoms with Crippen molar-refractivity contribution in [2.75, 3.05) is 7.11 Å². The number of fused-ring (bicyclic) bond motifs is 5. The van der Waals surface area contributed by atoms with Crippen molar-refractivity contribution in [2.24, 2.45) is 23.7 Å². The molecule has 2 unspecified atom stereocenters. The highest BCUT2D eigenvalue weighted by atomic mass is 16.5. The van der Waals surface area contributed by atoms with Gasteiger partial charge in [-0.15, -0.1) is 0 Å². The van der Waals surface area contributed by atoms with Crippen molar-refractivity contribution in [3.05, 3.63) is 42.0 Å². The Kier molecular flexibility index (Phi) is 3.07. The van der Waals surface area contributed by atoms with E-state index in [0.29, 0.717) is 0 Å². The van der Waals surface area contributed by atoms with Crippen LogP contribution in [0.2, 0.25) is 0 Å². The van der Waals surface area contributed by atoms with E-state index in [9.17, 15) is 0 Å². The molecule has 1 N–H and O–H groups in total. The molecule has 2 bridgehead atoms. The summed E-state index contributed by atoms with van der Waals surface area (Å²) >= 11 is 0. The highest BCUT2D eigenvalue weighted by Gasteiger charge is 2.52. The van der Waals surface area contributed by atoms with Gasteiger partial charge in [-0.05, 0) is 60.6 Å². The number of hydrogen-bond acceptors (Lipinski definition) is 2. The van der Waals surface area contributed by atoms with Crippen LogP contribution in [0.25, 0.3) is 0 Å². The van der Waals surface area contributed by atoms with Gasteiger partial charge in [-0.3, -0.25) is 0 Å². The molecule has 2 heteroatoms. The fraction of sp³-hybridized carbons (Fsp3) is 0.556. The Bertz CT molecular complexity index is 524. The van der Waals surface area contributed by atoms with Crippen molar-refractivity contribution in [3.63, 3.8) is 0 Å². The molecule has 20 heavy (non-hydrogen) atoms. The number of hydrogen-bond donors (Lipinski definition) is 1. The van der Waals surface area contributed by atoms with E-state index in [1.807, 2.05) is 6.07 Å². The number of methoxy groups -OCH3 is 1. The van der Waals surface area contributed by atoms with E-state index in [0.717, 1.165) is 42.0 Å². The van der Waals surface area contributed by atoms with E-state index in [4.69, 9.17) is 4.74 Å². The van der Waals surface area contributed by atoms with Crippen LogP contribution in [0.15, 0.2) is 36.4 Å². The van der Waals surface area contributed by atoms with Crippen LogP contribution in [-0.4, -0.2) is 13.2 Å². The first-order chi connectivity index (χ1) is 9.85. The second-order valence-electron chi connectivity index (χ2n) is 6.64. The van der Waals surface area contributed by atoms with Crippen molar-refractivity contribution < 1.29 is 4.74 Å². The zero-order chi connectivity index (χ0) is 13.5. The number of nitrogens with one attached hydrogen (secondary N) is 1. The van der Waals surface area contributed by atoms with Gasteiger partial charge >= 0.3 is 0 Å². The van der Waals surface area contributed by atoms with Crippen molar-refractivity contribution in [1.82, 2.24) is 5.32 Å². The van der Waals surface area contributed by atoms with E-state index in [1.165, 1.54) is 24.8 Å². The third-order valence-corrected chi connectivity index (χ3v) is 5.71. The first-order valence-electron chi connectivity index (χ1n) is 7.88. The lowest BCUT2D eigenvalue weighted by atomic mass is 9.79. The molecule has 2 fully saturated rings. The zero-order valence-corrected chi connectivity index (χ0v) is 12.1. The molecule has 3 aliphatic carbocycles. The molecule has 0 heterocycles. The first kappa shape index (κ1) is 12.5. The Hall–Kier alpha value is -1.28. The lowest BCUT2D eigenvalue weighted by Crippen LogP contribution is -2.39. The van der Waals surface area contributed by atoms with Crippen LogP contribution in [0.3, 0.4) is 0 Å². The molecule has 0 amide bonds. The van der Waals surface area contributed by atoms with Crippen LogP contribution >= 0.6 is 0 Å². The molecular weight excluding hydrogens is 246 g/mol. The van der Waals surface area contributed by atoms with Crippen molar-refractivity contribution in [1.29, 1.82) is 0 Å². The van der Waals surface area contributed by atoms with Crippen LogP contribution in [0.5, 0.6) is 5.75 Å². The van der Waals surface area contributed by atoms with Gasteiger partial charge in [0.15, 0.2) is 0 Å². The summed E-state index contributed by atoms with van der Waals surface area (Å²) in [5, 5.41) is 3.81. The zero-order valence-electron chi connectivity index (χ0n) is 12.1. The average Bonchev–Trinajstić information content (AvgIpc) is 3.17. The van der Waals surface area contributed by atoms with Gasteiger partial charge in [0.1, 0.15) is 5.75 Å². The fourth-order valence-electron chi connectivity index (χ4n) is 4.82. The fourth-order valence-corrected chi connectivity index (χ4v) is 4.82.